The second-order valence-electron chi connectivity index (χ2n) is 7.68. The molecule has 166 valence electrons. The normalized spacial score (nSPS) is 15.1. The van der Waals surface area contributed by atoms with Gasteiger partial charge in [0.25, 0.3) is 0 Å². The van der Waals surface area contributed by atoms with E-state index in [4.69, 9.17) is 20.3 Å². The van der Waals surface area contributed by atoms with E-state index in [1.54, 1.807) is 38.0 Å². The van der Waals surface area contributed by atoms with Crippen LogP contribution in [0.25, 0.3) is 11.4 Å². The molecule has 9 heteroatoms. The number of nitrogens with one attached hydrogen (secondary N) is 1. The molecule has 0 spiro atoms. The Hall–Kier alpha value is -4.01. The minimum Gasteiger partial charge on any atom is -0.497 e. The molecule has 2 heterocycles. The Kier molecular flexibility index (Phi) is 5.48. The van der Waals surface area contributed by atoms with Gasteiger partial charge in [-0.1, -0.05) is 0 Å². The number of ether oxygens (including phenoxy) is 2. The number of amides is 1. The number of primary amides is 1. The lowest BCUT2D eigenvalue weighted by Gasteiger charge is -2.28. The third-order valence-corrected chi connectivity index (χ3v) is 5.49. The van der Waals surface area contributed by atoms with Crippen LogP contribution in [0.2, 0.25) is 0 Å². The van der Waals surface area contributed by atoms with Crippen LogP contribution in [-0.2, 0) is 4.79 Å². The lowest BCUT2D eigenvalue weighted by molar-refractivity contribution is -0.115. The summed E-state index contributed by atoms with van der Waals surface area (Å²) in [6.07, 6.45) is 0. The van der Waals surface area contributed by atoms with Crippen LogP contribution in [0.15, 0.2) is 53.7 Å². The first-order valence-corrected chi connectivity index (χ1v) is 10.1. The molecule has 4 rings (SSSR count). The summed E-state index contributed by atoms with van der Waals surface area (Å²) >= 11 is 0. The molecule has 3 N–H and O–H groups in total. The molecule has 0 aliphatic carbocycles. The lowest BCUT2D eigenvalue weighted by atomic mass is 9.94. The number of aromatic nitrogens is 3. The molecule has 2 aromatic carbocycles. The van der Waals surface area contributed by atoms with Crippen molar-refractivity contribution >= 4 is 17.5 Å². The quantitative estimate of drug-likeness (QED) is 0.614. The molecule has 9 nitrogen and oxygen atoms in total. The number of fused-ring (bicyclic) bond motifs is 1. The first-order chi connectivity index (χ1) is 15.3. The maximum Gasteiger partial charge on any atom is 0.248 e. The van der Waals surface area contributed by atoms with Crippen molar-refractivity contribution in [2.75, 3.05) is 38.5 Å². The van der Waals surface area contributed by atoms with Crippen LogP contribution in [0, 0.1) is 0 Å². The summed E-state index contributed by atoms with van der Waals surface area (Å²) in [5.74, 6) is 1.70. The van der Waals surface area contributed by atoms with E-state index in [0.29, 0.717) is 40.1 Å². The van der Waals surface area contributed by atoms with Gasteiger partial charge in [0.15, 0.2) is 5.82 Å². The van der Waals surface area contributed by atoms with Crippen molar-refractivity contribution in [1.82, 2.24) is 14.8 Å². The monoisotopic (exact) mass is 434 g/mol. The van der Waals surface area contributed by atoms with Gasteiger partial charge in [0.1, 0.15) is 17.5 Å². The van der Waals surface area contributed by atoms with Crippen LogP contribution < -0.4 is 25.4 Å². The Morgan fingerprint density at radius 1 is 1.12 bits per heavy atom. The van der Waals surface area contributed by atoms with Crippen molar-refractivity contribution in [1.29, 1.82) is 0 Å². The van der Waals surface area contributed by atoms with Gasteiger partial charge in [-0.05, 0) is 49.4 Å². The SMILES string of the molecule is COc1ccc(OC)c(C2C(C(N)=O)=C(C)Nc3nc(-c4ccc(N(C)C)cc4)nn32)c1. The van der Waals surface area contributed by atoms with Crippen molar-refractivity contribution in [3.05, 3.63) is 59.3 Å². The van der Waals surface area contributed by atoms with Crippen LogP contribution in [-0.4, -0.2) is 49.0 Å². The first-order valence-electron chi connectivity index (χ1n) is 10.1. The Balaban J connectivity index is 1.88. The van der Waals surface area contributed by atoms with E-state index in [1.807, 2.05) is 49.3 Å². The zero-order chi connectivity index (χ0) is 23.0. The number of nitrogens with two attached hydrogens (primary N) is 1. The zero-order valence-corrected chi connectivity index (χ0v) is 18.7. The van der Waals surface area contributed by atoms with Gasteiger partial charge >= 0.3 is 0 Å². The van der Waals surface area contributed by atoms with Crippen LogP contribution in [0.5, 0.6) is 11.5 Å². The van der Waals surface area contributed by atoms with Gasteiger partial charge in [-0.15, -0.1) is 5.10 Å². The van der Waals surface area contributed by atoms with Crippen molar-refractivity contribution < 1.29 is 14.3 Å². The summed E-state index contributed by atoms with van der Waals surface area (Å²) in [4.78, 5) is 19.2. The molecule has 1 unspecified atom stereocenters. The van der Waals surface area contributed by atoms with Crippen molar-refractivity contribution in [3.63, 3.8) is 0 Å². The molecule has 1 amide bonds. The summed E-state index contributed by atoms with van der Waals surface area (Å²) < 4.78 is 12.7. The maximum atomic E-state index is 12.5. The second kappa shape index (κ2) is 8.26. The highest BCUT2D eigenvalue weighted by molar-refractivity contribution is 5.95. The highest BCUT2D eigenvalue weighted by Crippen LogP contribution is 2.41. The summed E-state index contributed by atoms with van der Waals surface area (Å²) in [5, 5.41) is 7.91. The predicted molar refractivity (Wildman–Crippen MR) is 123 cm³/mol. The fourth-order valence-electron chi connectivity index (χ4n) is 3.84. The number of benzene rings is 2. The number of methoxy groups -OCH3 is 2. The minimum atomic E-state index is -0.629. The number of anilines is 2. The van der Waals surface area contributed by atoms with Gasteiger partial charge in [0.05, 0.1) is 19.8 Å². The lowest BCUT2D eigenvalue weighted by Crippen LogP contribution is -2.32. The van der Waals surface area contributed by atoms with Crippen LogP contribution in [0.3, 0.4) is 0 Å². The molecule has 32 heavy (non-hydrogen) atoms. The number of rotatable bonds is 6. The molecule has 3 aromatic rings. The van der Waals surface area contributed by atoms with Gasteiger partial charge in [0.2, 0.25) is 11.9 Å². The van der Waals surface area contributed by atoms with E-state index >= 15 is 0 Å². The summed E-state index contributed by atoms with van der Waals surface area (Å²) in [7, 11) is 7.13. The number of hydrogen-bond acceptors (Lipinski definition) is 7. The molecule has 1 atom stereocenters. The van der Waals surface area contributed by atoms with Gasteiger partial charge in [-0.25, -0.2) is 4.68 Å². The van der Waals surface area contributed by atoms with Crippen LogP contribution in [0.1, 0.15) is 18.5 Å². The predicted octanol–water partition coefficient (Wildman–Crippen LogP) is 2.80. The zero-order valence-electron chi connectivity index (χ0n) is 18.7. The summed E-state index contributed by atoms with van der Waals surface area (Å²) in [6.45, 7) is 1.80. The highest BCUT2D eigenvalue weighted by Gasteiger charge is 2.35. The van der Waals surface area contributed by atoms with Crippen molar-refractivity contribution in [2.24, 2.45) is 5.73 Å². The number of carbonyl (C=O) groups is 1. The van der Waals surface area contributed by atoms with Gasteiger partial charge in [-0.3, -0.25) is 4.79 Å². The molecule has 0 saturated heterocycles. The van der Waals surface area contributed by atoms with Crippen molar-refractivity contribution in [3.8, 4) is 22.9 Å². The molecule has 0 bridgehead atoms. The first kappa shape index (κ1) is 21.2. The largest absolute Gasteiger partial charge is 0.497 e. The standard InChI is InChI=1S/C23H26N6O3/c1-13-19(21(24)30)20(17-12-16(31-4)10-11-18(17)32-5)29-23(25-13)26-22(27-29)14-6-8-15(9-7-14)28(2)3/h6-12,20H,1-5H3,(H2,24,30)(H,25,26,27). The molecular weight excluding hydrogens is 408 g/mol. The van der Waals surface area contributed by atoms with E-state index in [1.165, 1.54) is 0 Å². The highest BCUT2D eigenvalue weighted by atomic mass is 16.5. The number of nitrogens with zero attached hydrogens (tertiary/aromatic N) is 4. The molecule has 0 saturated carbocycles. The maximum absolute atomic E-state index is 12.5. The molecule has 1 aromatic heterocycles. The third-order valence-electron chi connectivity index (χ3n) is 5.49. The number of hydrogen-bond donors (Lipinski definition) is 2. The molecule has 0 fully saturated rings. The van der Waals surface area contributed by atoms with E-state index in [0.717, 1.165) is 11.3 Å². The second-order valence-corrected chi connectivity index (χ2v) is 7.68. The average Bonchev–Trinajstić information content (AvgIpc) is 3.21. The Morgan fingerprint density at radius 2 is 1.84 bits per heavy atom. The summed E-state index contributed by atoms with van der Waals surface area (Å²) in [5.41, 5.74) is 9.41. The van der Waals surface area contributed by atoms with E-state index in [2.05, 4.69) is 10.3 Å². The van der Waals surface area contributed by atoms with E-state index < -0.39 is 11.9 Å². The molecule has 1 aliphatic rings. The Morgan fingerprint density at radius 3 is 2.44 bits per heavy atom. The minimum absolute atomic E-state index is 0.378. The van der Waals surface area contributed by atoms with Gasteiger partial charge in [0, 0.05) is 36.6 Å². The Bertz CT molecular complexity index is 1200. The van der Waals surface area contributed by atoms with Gasteiger partial charge in [-0.2, -0.15) is 4.98 Å². The van der Waals surface area contributed by atoms with E-state index in [9.17, 15) is 4.79 Å². The fraction of sp³-hybridized carbons (Fsp3) is 0.261. The average molecular weight is 435 g/mol. The molecule has 0 radical (unpaired) electrons. The van der Waals surface area contributed by atoms with E-state index in [-0.39, 0.29) is 0 Å². The topological polar surface area (TPSA) is 108 Å². The molecule has 1 aliphatic heterocycles. The number of carbonyl (C=O) groups excluding carboxylic acids is 1. The summed E-state index contributed by atoms with van der Waals surface area (Å²) in [6, 6.07) is 12.7. The Labute approximate surface area is 186 Å². The third kappa shape index (κ3) is 3.62. The number of allylic oxidation sites excluding steroid dienone is 1. The van der Waals surface area contributed by atoms with Crippen LogP contribution >= 0.6 is 0 Å². The smallest absolute Gasteiger partial charge is 0.248 e. The molecular formula is C23H26N6O3. The fourth-order valence-corrected chi connectivity index (χ4v) is 3.84. The van der Waals surface area contributed by atoms with Crippen molar-refractivity contribution in [2.45, 2.75) is 13.0 Å². The van der Waals surface area contributed by atoms with Gasteiger partial charge < -0.3 is 25.4 Å². The van der Waals surface area contributed by atoms with Crippen LogP contribution in [0.4, 0.5) is 11.6 Å².